The minimum absolute atomic E-state index is 0.0687. The summed E-state index contributed by atoms with van der Waals surface area (Å²) < 4.78 is 5.19. The zero-order chi connectivity index (χ0) is 15.6. The number of amides is 1. The summed E-state index contributed by atoms with van der Waals surface area (Å²) in [6, 6.07) is 8.04. The van der Waals surface area contributed by atoms with E-state index >= 15 is 0 Å². The van der Waals surface area contributed by atoms with Gasteiger partial charge in [0.05, 0.1) is 13.2 Å². The summed E-state index contributed by atoms with van der Waals surface area (Å²) in [7, 11) is 5.72. The maximum atomic E-state index is 12.4. The molecule has 1 saturated heterocycles. The molecule has 1 N–H and O–H groups in total. The van der Waals surface area contributed by atoms with Gasteiger partial charge in [-0.3, -0.25) is 10.1 Å². The van der Waals surface area contributed by atoms with E-state index in [1.54, 1.807) is 7.11 Å². The molecule has 3 atom stereocenters. The number of nitrogens with zero attached hydrogens (tertiary/aromatic N) is 2. The summed E-state index contributed by atoms with van der Waals surface area (Å²) >= 11 is 0. The van der Waals surface area contributed by atoms with Crippen molar-refractivity contribution >= 4 is 5.91 Å². The van der Waals surface area contributed by atoms with Crippen molar-refractivity contribution in [3.8, 4) is 5.75 Å². The first-order chi connectivity index (χ1) is 9.93. The van der Waals surface area contributed by atoms with Crippen molar-refractivity contribution in [2.75, 3.05) is 27.7 Å². The topological polar surface area (TPSA) is 44.8 Å². The third-order valence-corrected chi connectivity index (χ3v) is 4.15. The number of likely N-dealkylation sites (N-methyl/N-ethyl adjacent to an activating group) is 1. The van der Waals surface area contributed by atoms with Crippen molar-refractivity contribution < 1.29 is 9.53 Å². The van der Waals surface area contributed by atoms with Crippen LogP contribution in [-0.4, -0.2) is 55.5 Å². The smallest absolute Gasteiger partial charge is 0.241 e. The number of ether oxygens (including phenoxy) is 1. The van der Waals surface area contributed by atoms with Crippen LogP contribution in [0.1, 0.15) is 25.6 Å². The van der Waals surface area contributed by atoms with E-state index in [1.807, 2.05) is 50.2 Å². The number of carbonyl (C=O) groups is 1. The molecule has 1 heterocycles. The Bertz CT molecular complexity index is 487. The summed E-state index contributed by atoms with van der Waals surface area (Å²) in [5.74, 6) is 0.980. The van der Waals surface area contributed by atoms with E-state index in [1.165, 1.54) is 0 Å². The van der Waals surface area contributed by atoms with Gasteiger partial charge >= 0.3 is 0 Å². The van der Waals surface area contributed by atoms with Crippen molar-refractivity contribution in [1.82, 2.24) is 15.1 Å². The molecule has 0 bridgehead atoms. The Morgan fingerprint density at radius 1 is 1.33 bits per heavy atom. The Kier molecular flexibility index (Phi) is 4.85. The maximum absolute atomic E-state index is 12.4. The normalized spacial score (nSPS) is 23.7. The molecule has 5 heteroatoms. The SMILES string of the molecule is COc1ccc(C2NC(C)C(=O)N2CC(C)N(C)C)cc1. The fraction of sp³-hybridized carbons (Fsp3) is 0.562. The lowest BCUT2D eigenvalue weighted by Gasteiger charge is -2.30. The molecule has 0 spiro atoms. The molecule has 21 heavy (non-hydrogen) atoms. The van der Waals surface area contributed by atoms with Crippen LogP contribution in [0.4, 0.5) is 0 Å². The quantitative estimate of drug-likeness (QED) is 0.892. The van der Waals surface area contributed by atoms with Crippen LogP contribution in [0.3, 0.4) is 0 Å². The van der Waals surface area contributed by atoms with E-state index in [2.05, 4.69) is 17.1 Å². The molecular formula is C16H25N3O2. The second-order valence-corrected chi connectivity index (χ2v) is 5.87. The average Bonchev–Trinajstić information content (AvgIpc) is 2.75. The third kappa shape index (κ3) is 3.36. The lowest BCUT2D eigenvalue weighted by atomic mass is 10.1. The monoisotopic (exact) mass is 291 g/mol. The minimum Gasteiger partial charge on any atom is -0.497 e. The van der Waals surface area contributed by atoms with Crippen LogP contribution < -0.4 is 10.1 Å². The molecular weight excluding hydrogens is 266 g/mol. The molecule has 1 aliphatic rings. The maximum Gasteiger partial charge on any atom is 0.241 e. The first kappa shape index (κ1) is 15.8. The molecule has 2 rings (SSSR count). The fourth-order valence-corrected chi connectivity index (χ4v) is 2.48. The van der Waals surface area contributed by atoms with Crippen molar-refractivity contribution in [2.24, 2.45) is 0 Å². The van der Waals surface area contributed by atoms with Crippen LogP contribution in [0.2, 0.25) is 0 Å². The summed E-state index contributed by atoms with van der Waals surface area (Å²) in [4.78, 5) is 16.4. The van der Waals surface area contributed by atoms with Gasteiger partial charge in [-0.15, -0.1) is 0 Å². The molecule has 0 radical (unpaired) electrons. The van der Waals surface area contributed by atoms with Crippen molar-refractivity contribution in [2.45, 2.75) is 32.1 Å². The zero-order valence-electron chi connectivity index (χ0n) is 13.5. The Morgan fingerprint density at radius 3 is 2.48 bits per heavy atom. The van der Waals surface area contributed by atoms with Gasteiger partial charge in [-0.2, -0.15) is 0 Å². The van der Waals surface area contributed by atoms with Crippen LogP contribution >= 0.6 is 0 Å². The van der Waals surface area contributed by atoms with E-state index in [0.717, 1.165) is 11.3 Å². The van der Waals surface area contributed by atoms with E-state index < -0.39 is 0 Å². The van der Waals surface area contributed by atoms with Gasteiger partial charge in [0.1, 0.15) is 11.9 Å². The number of hydrogen-bond donors (Lipinski definition) is 1. The highest BCUT2D eigenvalue weighted by molar-refractivity contribution is 5.84. The highest BCUT2D eigenvalue weighted by atomic mass is 16.5. The van der Waals surface area contributed by atoms with E-state index in [4.69, 9.17) is 4.74 Å². The number of carbonyl (C=O) groups excluding carboxylic acids is 1. The number of hydrogen-bond acceptors (Lipinski definition) is 4. The van der Waals surface area contributed by atoms with Gasteiger partial charge < -0.3 is 14.5 Å². The van der Waals surface area contributed by atoms with Crippen LogP contribution in [0.25, 0.3) is 0 Å². The minimum atomic E-state index is -0.147. The third-order valence-electron chi connectivity index (χ3n) is 4.15. The molecule has 5 nitrogen and oxygen atoms in total. The second kappa shape index (κ2) is 6.45. The summed E-state index contributed by atoms with van der Waals surface area (Å²) in [6.07, 6.45) is -0.0687. The first-order valence-corrected chi connectivity index (χ1v) is 7.31. The molecule has 3 unspecified atom stereocenters. The van der Waals surface area contributed by atoms with Crippen LogP contribution in [0.5, 0.6) is 5.75 Å². The summed E-state index contributed by atoms with van der Waals surface area (Å²) in [5, 5.41) is 3.37. The van der Waals surface area contributed by atoms with Crippen molar-refractivity contribution in [3.63, 3.8) is 0 Å². The Labute approximate surface area is 126 Å². The molecule has 1 amide bonds. The van der Waals surface area contributed by atoms with Gasteiger partial charge in [-0.25, -0.2) is 0 Å². The first-order valence-electron chi connectivity index (χ1n) is 7.31. The van der Waals surface area contributed by atoms with Crippen molar-refractivity contribution in [3.05, 3.63) is 29.8 Å². The average molecular weight is 291 g/mol. The molecule has 0 aliphatic carbocycles. The Balaban J connectivity index is 2.20. The number of nitrogens with one attached hydrogen (secondary N) is 1. The number of rotatable bonds is 5. The number of benzene rings is 1. The Hall–Kier alpha value is -1.59. The lowest BCUT2D eigenvalue weighted by molar-refractivity contribution is -0.130. The highest BCUT2D eigenvalue weighted by Gasteiger charge is 2.37. The van der Waals surface area contributed by atoms with Gasteiger partial charge in [0.2, 0.25) is 5.91 Å². The van der Waals surface area contributed by atoms with Crippen LogP contribution in [0.15, 0.2) is 24.3 Å². The molecule has 1 aromatic rings. The van der Waals surface area contributed by atoms with Crippen LogP contribution in [0, 0.1) is 0 Å². The molecule has 0 aromatic heterocycles. The standard InChI is InChI=1S/C16H25N3O2/c1-11(18(3)4)10-19-15(17-12(2)16(19)20)13-6-8-14(21-5)9-7-13/h6-9,11-12,15,17H,10H2,1-5H3. The van der Waals surface area contributed by atoms with E-state index in [9.17, 15) is 4.79 Å². The van der Waals surface area contributed by atoms with E-state index in [-0.39, 0.29) is 18.1 Å². The van der Waals surface area contributed by atoms with Crippen LogP contribution in [-0.2, 0) is 4.79 Å². The van der Waals surface area contributed by atoms with Gasteiger partial charge in [0, 0.05) is 12.6 Å². The van der Waals surface area contributed by atoms with Gasteiger partial charge in [-0.1, -0.05) is 12.1 Å². The van der Waals surface area contributed by atoms with Gasteiger partial charge in [0.15, 0.2) is 0 Å². The molecule has 1 aromatic carbocycles. The molecule has 1 aliphatic heterocycles. The molecule has 116 valence electrons. The second-order valence-electron chi connectivity index (χ2n) is 5.87. The zero-order valence-corrected chi connectivity index (χ0v) is 13.5. The predicted octanol–water partition coefficient (Wildman–Crippen LogP) is 1.46. The largest absolute Gasteiger partial charge is 0.497 e. The van der Waals surface area contributed by atoms with Crippen molar-refractivity contribution in [1.29, 1.82) is 0 Å². The fourth-order valence-electron chi connectivity index (χ4n) is 2.48. The lowest BCUT2D eigenvalue weighted by Crippen LogP contribution is -2.41. The predicted molar refractivity (Wildman–Crippen MR) is 83.2 cm³/mol. The summed E-state index contributed by atoms with van der Waals surface area (Å²) in [5.41, 5.74) is 1.08. The summed E-state index contributed by atoms with van der Waals surface area (Å²) in [6.45, 7) is 4.75. The number of methoxy groups -OCH3 is 1. The molecule has 1 fully saturated rings. The Morgan fingerprint density at radius 2 is 1.95 bits per heavy atom. The molecule has 0 saturated carbocycles. The van der Waals surface area contributed by atoms with Gasteiger partial charge in [-0.05, 0) is 45.6 Å². The highest BCUT2D eigenvalue weighted by Crippen LogP contribution is 2.27. The van der Waals surface area contributed by atoms with E-state index in [0.29, 0.717) is 12.6 Å². The van der Waals surface area contributed by atoms with Gasteiger partial charge in [0.25, 0.3) is 0 Å².